The predicted octanol–water partition coefficient (Wildman–Crippen LogP) is 2.16. The minimum absolute atomic E-state index is 0.260. The number of carbonyl (C=O) groups excluding carboxylic acids is 1. The van der Waals surface area contributed by atoms with Gasteiger partial charge in [0, 0.05) is 0 Å². The topological polar surface area (TPSA) is 46.5 Å². The third-order valence-electron chi connectivity index (χ3n) is 3.14. The Morgan fingerprint density at radius 2 is 1.82 bits per heavy atom. The van der Waals surface area contributed by atoms with Crippen LogP contribution < -0.4 is 4.74 Å². The Labute approximate surface area is 98.6 Å². The standard InChI is InChI=1S/C14H12O3/c1-8-13(15)14(16)11-6-9-4-2-3-5-10(9)7-12(11)17-8/h2-8,13,15H,1H3/t8-,13+/m0/s1. The number of carbonyl (C=O) groups is 1. The van der Waals surface area contributed by atoms with Gasteiger partial charge in [-0.1, -0.05) is 24.3 Å². The van der Waals surface area contributed by atoms with Crippen molar-refractivity contribution in [2.24, 2.45) is 0 Å². The minimum atomic E-state index is -1.07. The number of ether oxygens (including phenoxy) is 1. The van der Waals surface area contributed by atoms with E-state index >= 15 is 0 Å². The molecule has 3 nitrogen and oxygen atoms in total. The molecule has 0 amide bonds. The molecule has 2 aromatic carbocycles. The number of hydrogen-bond donors (Lipinski definition) is 1. The van der Waals surface area contributed by atoms with Crippen molar-refractivity contribution < 1.29 is 14.6 Å². The van der Waals surface area contributed by atoms with Crippen LogP contribution in [-0.2, 0) is 0 Å². The van der Waals surface area contributed by atoms with Crippen LogP contribution in [0.5, 0.6) is 5.75 Å². The van der Waals surface area contributed by atoms with Crippen molar-refractivity contribution in [3.8, 4) is 5.75 Å². The summed E-state index contributed by atoms with van der Waals surface area (Å²) in [5.74, 6) is 0.302. The lowest BCUT2D eigenvalue weighted by molar-refractivity contribution is 0.0292. The van der Waals surface area contributed by atoms with E-state index in [1.54, 1.807) is 13.0 Å². The van der Waals surface area contributed by atoms with E-state index in [9.17, 15) is 9.90 Å². The summed E-state index contributed by atoms with van der Waals surface area (Å²) in [4.78, 5) is 11.9. The lowest BCUT2D eigenvalue weighted by Gasteiger charge is -2.27. The highest BCUT2D eigenvalue weighted by molar-refractivity contribution is 6.06. The summed E-state index contributed by atoms with van der Waals surface area (Å²) < 4.78 is 5.55. The van der Waals surface area contributed by atoms with Crippen molar-refractivity contribution in [2.75, 3.05) is 0 Å². The number of Topliss-reactive ketones (excluding diaryl/α,β-unsaturated/α-hetero) is 1. The zero-order valence-corrected chi connectivity index (χ0v) is 9.38. The van der Waals surface area contributed by atoms with Gasteiger partial charge in [0.2, 0.25) is 0 Å². The van der Waals surface area contributed by atoms with Gasteiger partial charge in [-0.25, -0.2) is 0 Å². The first-order chi connectivity index (χ1) is 8.16. The monoisotopic (exact) mass is 228 g/mol. The molecular weight excluding hydrogens is 216 g/mol. The molecular formula is C14H12O3. The Bertz CT molecular complexity index is 603. The predicted molar refractivity (Wildman–Crippen MR) is 64.4 cm³/mol. The smallest absolute Gasteiger partial charge is 0.198 e. The van der Waals surface area contributed by atoms with E-state index in [1.165, 1.54) is 0 Å². The van der Waals surface area contributed by atoms with Crippen LogP contribution in [0.15, 0.2) is 36.4 Å². The van der Waals surface area contributed by atoms with E-state index in [0.717, 1.165) is 10.8 Å². The third-order valence-corrected chi connectivity index (χ3v) is 3.14. The van der Waals surface area contributed by atoms with Gasteiger partial charge >= 0.3 is 0 Å². The van der Waals surface area contributed by atoms with Gasteiger partial charge in [-0.2, -0.15) is 0 Å². The zero-order chi connectivity index (χ0) is 12.0. The average molecular weight is 228 g/mol. The third kappa shape index (κ3) is 1.51. The molecule has 0 aromatic heterocycles. The van der Waals surface area contributed by atoms with Gasteiger partial charge < -0.3 is 9.84 Å². The van der Waals surface area contributed by atoms with Crippen molar-refractivity contribution in [1.82, 2.24) is 0 Å². The van der Waals surface area contributed by atoms with E-state index in [-0.39, 0.29) is 5.78 Å². The molecule has 0 radical (unpaired) electrons. The van der Waals surface area contributed by atoms with Gasteiger partial charge in [0.05, 0.1) is 5.56 Å². The highest BCUT2D eigenvalue weighted by Crippen LogP contribution is 2.31. The molecule has 1 aliphatic heterocycles. The van der Waals surface area contributed by atoms with E-state index < -0.39 is 12.2 Å². The van der Waals surface area contributed by atoms with Gasteiger partial charge in [0.15, 0.2) is 11.9 Å². The molecule has 0 aliphatic carbocycles. The average Bonchev–Trinajstić information content (AvgIpc) is 2.34. The van der Waals surface area contributed by atoms with Crippen molar-refractivity contribution in [2.45, 2.75) is 19.1 Å². The number of aliphatic hydroxyl groups is 1. The summed E-state index contributed by atoms with van der Waals surface area (Å²) in [5, 5.41) is 11.7. The van der Waals surface area contributed by atoms with Crippen molar-refractivity contribution in [3.63, 3.8) is 0 Å². The summed E-state index contributed by atoms with van der Waals surface area (Å²) in [6, 6.07) is 11.4. The number of fused-ring (bicyclic) bond motifs is 2. The van der Waals surface area contributed by atoms with Crippen LogP contribution in [0.2, 0.25) is 0 Å². The van der Waals surface area contributed by atoms with Crippen LogP contribution in [0.3, 0.4) is 0 Å². The lowest BCUT2D eigenvalue weighted by Crippen LogP contribution is -2.40. The molecule has 0 fully saturated rings. The second-order valence-electron chi connectivity index (χ2n) is 4.33. The van der Waals surface area contributed by atoms with Gasteiger partial charge in [-0.05, 0) is 29.8 Å². The van der Waals surface area contributed by atoms with Gasteiger partial charge in [-0.15, -0.1) is 0 Å². The van der Waals surface area contributed by atoms with Crippen molar-refractivity contribution in [1.29, 1.82) is 0 Å². The van der Waals surface area contributed by atoms with E-state index in [0.29, 0.717) is 11.3 Å². The fourth-order valence-corrected chi connectivity index (χ4v) is 2.15. The molecule has 1 N–H and O–H groups in total. The second-order valence-corrected chi connectivity index (χ2v) is 4.33. The molecule has 2 aromatic rings. The van der Waals surface area contributed by atoms with E-state index in [1.807, 2.05) is 30.3 Å². The van der Waals surface area contributed by atoms with Crippen LogP contribution in [0, 0.1) is 0 Å². The molecule has 1 aliphatic rings. The Morgan fingerprint density at radius 1 is 1.18 bits per heavy atom. The van der Waals surface area contributed by atoms with Crippen LogP contribution in [0.4, 0.5) is 0 Å². The highest BCUT2D eigenvalue weighted by Gasteiger charge is 2.33. The second kappa shape index (κ2) is 3.57. The molecule has 2 atom stereocenters. The van der Waals surface area contributed by atoms with Crippen LogP contribution in [-0.4, -0.2) is 23.1 Å². The quantitative estimate of drug-likeness (QED) is 0.751. The van der Waals surface area contributed by atoms with Crippen molar-refractivity contribution in [3.05, 3.63) is 42.0 Å². The molecule has 0 bridgehead atoms. The fourth-order valence-electron chi connectivity index (χ4n) is 2.15. The Morgan fingerprint density at radius 3 is 2.53 bits per heavy atom. The summed E-state index contributed by atoms with van der Waals surface area (Å²) in [6.07, 6.45) is -1.56. The first-order valence-electron chi connectivity index (χ1n) is 5.58. The van der Waals surface area contributed by atoms with Gasteiger partial charge in [-0.3, -0.25) is 4.79 Å². The largest absolute Gasteiger partial charge is 0.487 e. The zero-order valence-electron chi connectivity index (χ0n) is 9.38. The maximum Gasteiger partial charge on any atom is 0.198 e. The molecule has 3 heteroatoms. The molecule has 0 saturated heterocycles. The summed E-state index contributed by atoms with van der Waals surface area (Å²) in [6.45, 7) is 1.70. The Balaban J connectivity index is 2.25. The molecule has 0 unspecified atom stereocenters. The first-order valence-corrected chi connectivity index (χ1v) is 5.58. The van der Waals surface area contributed by atoms with E-state index in [2.05, 4.69) is 0 Å². The molecule has 3 rings (SSSR count). The maximum atomic E-state index is 11.9. The summed E-state index contributed by atoms with van der Waals surface area (Å²) in [7, 11) is 0. The number of hydrogen-bond acceptors (Lipinski definition) is 3. The first kappa shape index (κ1) is 10.3. The molecule has 17 heavy (non-hydrogen) atoms. The molecule has 86 valence electrons. The summed E-state index contributed by atoms with van der Waals surface area (Å²) >= 11 is 0. The minimum Gasteiger partial charge on any atom is -0.487 e. The number of benzene rings is 2. The van der Waals surface area contributed by atoms with E-state index in [4.69, 9.17) is 4.74 Å². The normalized spacial score (nSPS) is 23.3. The summed E-state index contributed by atoms with van der Waals surface area (Å²) in [5.41, 5.74) is 0.467. The lowest BCUT2D eigenvalue weighted by atomic mass is 9.96. The Kier molecular flexibility index (Phi) is 2.16. The van der Waals surface area contributed by atoms with Crippen LogP contribution >= 0.6 is 0 Å². The number of ketones is 1. The van der Waals surface area contributed by atoms with Crippen molar-refractivity contribution >= 4 is 16.6 Å². The highest BCUT2D eigenvalue weighted by atomic mass is 16.5. The number of rotatable bonds is 0. The molecule has 0 saturated carbocycles. The van der Waals surface area contributed by atoms with Crippen LogP contribution in [0.1, 0.15) is 17.3 Å². The fraction of sp³-hybridized carbons (Fsp3) is 0.214. The van der Waals surface area contributed by atoms with Crippen LogP contribution in [0.25, 0.3) is 10.8 Å². The maximum absolute atomic E-state index is 11.9. The van der Waals surface area contributed by atoms with Gasteiger partial charge in [0.1, 0.15) is 11.9 Å². The van der Waals surface area contributed by atoms with Gasteiger partial charge in [0.25, 0.3) is 0 Å². The molecule has 1 heterocycles. The molecule has 0 spiro atoms. The SMILES string of the molecule is C[C@@H]1Oc2cc3ccccc3cc2C(=O)[C@@H]1O. The Hall–Kier alpha value is -1.87. The number of aliphatic hydroxyl groups excluding tert-OH is 1.